The standard InChI is InChI=1S/C11H21F3N2/c1-15-6-2-10-3-7-16(8-4-10)9-5-11(12,13)14/h10,15H,2-9H2,1H3. The first-order chi connectivity index (χ1) is 7.51. The van der Waals surface area contributed by atoms with E-state index in [4.69, 9.17) is 0 Å². The third-order valence-corrected chi connectivity index (χ3v) is 3.22. The second kappa shape index (κ2) is 6.45. The second-order valence-electron chi connectivity index (χ2n) is 4.54. The molecule has 0 aromatic heterocycles. The number of hydrogen-bond acceptors (Lipinski definition) is 2. The number of likely N-dealkylation sites (tertiary alicyclic amines) is 1. The van der Waals surface area contributed by atoms with Crippen molar-refractivity contribution in [3.8, 4) is 0 Å². The normalized spacial score (nSPS) is 20.2. The van der Waals surface area contributed by atoms with Gasteiger partial charge in [0.15, 0.2) is 0 Å². The average molecular weight is 238 g/mol. The number of rotatable bonds is 5. The van der Waals surface area contributed by atoms with Gasteiger partial charge in [0, 0.05) is 6.54 Å². The Labute approximate surface area is 95.2 Å². The maximum atomic E-state index is 12.0. The van der Waals surface area contributed by atoms with Crippen LogP contribution in [0.4, 0.5) is 13.2 Å². The number of piperidine rings is 1. The molecule has 1 aliphatic heterocycles. The first-order valence-corrected chi connectivity index (χ1v) is 5.95. The predicted molar refractivity (Wildman–Crippen MR) is 58.4 cm³/mol. The largest absolute Gasteiger partial charge is 0.390 e. The van der Waals surface area contributed by atoms with E-state index in [0.717, 1.165) is 38.9 Å². The molecule has 16 heavy (non-hydrogen) atoms. The smallest absolute Gasteiger partial charge is 0.320 e. The Morgan fingerprint density at radius 3 is 2.38 bits per heavy atom. The molecule has 2 nitrogen and oxygen atoms in total. The van der Waals surface area contributed by atoms with Crippen LogP contribution in [0.25, 0.3) is 0 Å². The van der Waals surface area contributed by atoms with Crippen LogP contribution in [0, 0.1) is 5.92 Å². The number of hydrogen-bond donors (Lipinski definition) is 1. The summed E-state index contributed by atoms with van der Waals surface area (Å²) in [6.45, 7) is 2.82. The van der Waals surface area contributed by atoms with Crippen molar-refractivity contribution in [3.63, 3.8) is 0 Å². The summed E-state index contributed by atoms with van der Waals surface area (Å²) in [7, 11) is 1.93. The lowest BCUT2D eigenvalue weighted by Gasteiger charge is -2.32. The zero-order chi connectivity index (χ0) is 12.0. The highest BCUT2D eigenvalue weighted by atomic mass is 19.4. The minimum absolute atomic E-state index is 0.169. The van der Waals surface area contributed by atoms with Gasteiger partial charge in [0.2, 0.25) is 0 Å². The molecule has 0 aromatic rings. The number of halogens is 3. The topological polar surface area (TPSA) is 15.3 Å². The lowest BCUT2D eigenvalue weighted by molar-refractivity contribution is -0.138. The van der Waals surface area contributed by atoms with E-state index in [2.05, 4.69) is 5.32 Å². The van der Waals surface area contributed by atoms with E-state index in [1.54, 1.807) is 0 Å². The minimum Gasteiger partial charge on any atom is -0.320 e. The molecule has 5 heteroatoms. The van der Waals surface area contributed by atoms with Crippen molar-refractivity contribution in [1.82, 2.24) is 10.2 Å². The Hall–Kier alpha value is -0.290. The molecule has 0 atom stereocenters. The van der Waals surface area contributed by atoms with Crippen molar-refractivity contribution in [3.05, 3.63) is 0 Å². The van der Waals surface area contributed by atoms with Gasteiger partial charge in [0.1, 0.15) is 0 Å². The quantitative estimate of drug-likeness (QED) is 0.790. The molecule has 0 aliphatic carbocycles. The predicted octanol–water partition coefficient (Wildman–Crippen LogP) is 2.26. The molecule has 0 radical (unpaired) electrons. The molecule has 1 aliphatic rings. The van der Waals surface area contributed by atoms with Crippen LogP contribution in [0.3, 0.4) is 0 Å². The van der Waals surface area contributed by atoms with Gasteiger partial charge in [0.25, 0.3) is 0 Å². The monoisotopic (exact) mass is 238 g/mol. The SMILES string of the molecule is CNCCC1CCN(CCC(F)(F)F)CC1. The summed E-state index contributed by atoms with van der Waals surface area (Å²) in [6.07, 6.45) is -1.46. The molecule has 0 bridgehead atoms. The van der Waals surface area contributed by atoms with Crippen molar-refractivity contribution >= 4 is 0 Å². The summed E-state index contributed by atoms with van der Waals surface area (Å²) < 4.78 is 36.1. The van der Waals surface area contributed by atoms with Crippen molar-refractivity contribution in [2.45, 2.75) is 31.9 Å². The second-order valence-corrected chi connectivity index (χ2v) is 4.54. The van der Waals surface area contributed by atoms with Crippen LogP contribution in [0.5, 0.6) is 0 Å². The van der Waals surface area contributed by atoms with E-state index in [0.29, 0.717) is 5.92 Å². The molecular weight excluding hydrogens is 217 g/mol. The van der Waals surface area contributed by atoms with Gasteiger partial charge in [-0.25, -0.2) is 0 Å². The Kier molecular flexibility index (Phi) is 5.55. The first kappa shape index (κ1) is 13.8. The first-order valence-electron chi connectivity index (χ1n) is 5.95. The third kappa shape index (κ3) is 5.70. The Balaban J connectivity index is 2.12. The lowest BCUT2D eigenvalue weighted by Crippen LogP contribution is -2.36. The molecule has 0 aromatic carbocycles. The van der Waals surface area contributed by atoms with Gasteiger partial charge in [-0.3, -0.25) is 0 Å². The molecule has 96 valence electrons. The molecule has 0 amide bonds. The molecule has 1 heterocycles. The summed E-state index contributed by atoms with van der Waals surface area (Å²) in [4.78, 5) is 1.93. The van der Waals surface area contributed by atoms with Crippen LogP contribution in [0.1, 0.15) is 25.7 Å². The molecule has 1 rings (SSSR count). The van der Waals surface area contributed by atoms with E-state index in [1.807, 2.05) is 11.9 Å². The summed E-state index contributed by atoms with van der Waals surface area (Å²) in [5.41, 5.74) is 0. The van der Waals surface area contributed by atoms with Gasteiger partial charge >= 0.3 is 6.18 Å². The van der Waals surface area contributed by atoms with Crippen LogP contribution in [0.15, 0.2) is 0 Å². The van der Waals surface area contributed by atoms with Gasteiger partial charge < -0.3 is 10.2 Å². The van der Waals surface area contributed by atoms with E-state index in [-0.39, 0.29) is 6.54 Å². The maximum absolute atomic E-state index is 12.0. The third-order valence-electron chi connectivity index (χ3n) is 3.22. The van der Waals surface area contributed by atoms with Crippen LogP contribution in [0.2, 0.25) is 0 Å². The maximum Gasteiger partial charge on any atom is 0.390 e. The Morgan fingerprint density at radius 1 is 1.25 bits per heavy atom. The van der Waals surface area contributed by atoms with Crippen molar-refractivity contribution in [1.29, 1.82) is 0 Å². The van der Waals surface area contributed by atoms with E-state index < -0.39 is 12.6 Å². The molecule has 0 spiro atoms. The van der Waals surface area contributed by atoms with Crippen LogP contribution < -0.4 is 5.32 Å². The highest BCUT2D eigenvalue weighted by molar-refractivity contribution is 4.73. The molecule has 1 fully saturated rings. The van der Waals surface area contributed by atoms with Crippen LogP contribution in [-0.2, 0) is 0 Å². The Morgan fingerprint density at radius 2 is 1.88 bits per heavy atom. The fourth-order valence-electron chi connectivity index (χ4n) is 2.13. The average Bonchev–Trinajstić information content (AvgIpc) is 2.24. The summed E-state index contributed by atoms with van der Waals surface area (Å²) in [5.74, 6) is 0.689. The van der Waals surface area contributed by atoms with Gasteiger partial charge in [-0.15, -0.1) is 0 Å². The highest BCUT2D eigenvalue weighted by Crippen LogP contribution is 2.23. The zero-order valence-electron chi connectivity index (χ0n) is 9.82. The number of nitrogens with zero attached hydrogens (tertiary/aromatic N) is 1. The van der Waals surface area contributed by atoms with Gasteiger partial charge in [-0.05, 0) is 51.9 Å². The molecule has 0 saturated carbocycles. The lowest BCUT2D eigenvalue weighted by atomic mass is 9.93. The van der Waals surface area contributed by atoms with Crippen LogP contribution in [-0.4, -0.2) is 44.3 Å². The Bertz CT molecular complexity index is 186. The summed E-state index contributed by atoms with van der Waals surface area (Å²) in [5, 5.41) is 3.11. The molecular formula is C11H21F3N2. The molecule has 1 N–H and O–H groups in total. The van der Waals surface area contributed by atoms with E-state index in [9.17, 15) is 13.2 Å². The fraction of sp³-hybridized carbons (Fsp3) is 1.00. The zero-order valence-corrected chi connectivity index (χ0v) is 9.82. The van der Waals surface area contributed by atoms with Gasteiger partial charge in [0.05, 0.1) is 6.42 Å². The van der Waals surface area contributed by atoms with Crippen molar-refractivity contribution < 1.29 is 13.2 Å². The highest BCUT2D eigenvalue weighted by Gasteiger charge is 2.28. The molecule has 0 unspecified atom stereocenters. The van der Waals surface area contributed by atoms with Crippen LogP contribution >= 0.6 is 0 Å². The number of nitrogens with one attached hydrogen (secondary N) is 1. The van der Waals surface area contributed by atoms with E-state index in [1.165, 1.54) is 0 Å². The molecule has 1 saturated heterocycles. The fourth-order valence-corrected chi connectivity index (χ4v) is 2.13. The minimum atomic E-state index is -4.01. The summed E-state index contributed by atoms with van der Waals surface area (Å²) in [6, 6.07) is 0. The van der Waals surface area contributed by atoms with E-state index >= 15 is 0 Å². The van der Waals surface area contributed by atoms with Crippen molar-refractivity contribution in [2.75, 3.05) is 33.2 Å². The van der Waals surface area contributed by atoms with Gasteiger partial charge in [-0.1, -0.05) is 0 Å². The van der Waals surface area contributed by atoms with Gasteiger partial charge in [-0.2, -0.15) is 13.2 Å². The number of alkyl halides is 3. The summed E-state index contributed by atoms with van der Waals surface area (Å²) >= 11 is 0. The van der Waals surface area contributed by atoms with Crippen molar-refractivity contribution in [2.24, 2.45) is 5.92 Å².